The van der Waals surface area contributed by atoms with E-state index in [1.54, 1.807) is 0 Å². The molecule has 6 aromatic rings. The molecule has 6 heteroatoms. The number of anilines is 7. The van der Waals surface area contributed by atoms with Gasteiger partial charge in [0.1, 0.15) is 0 Å². The molecule has 0 fully saturated rings. The van der Waals surface area contributed by atoms with Gasteiger partial charge in [0.05, 0.1) is 0 Å². The molecule has 0 aromatic heterocycles. The zero-order valence-electron chi connectivity index (χ0n) is 28.5. The fourth-order valence-corrected chi connectivity index (χ4v) is 6.70. The summed E-state index contributed by atoms with van der Waals surface area (Å²) in [4.78, 5) is 9.00. The summed E-state index contributed by atoms with van der Waals surface area (Å²) in [5.41, 5.74) is 13.8. The molecule has 248 valence electrons. The maximum Gasteiger partial charge on any atom is 4.00 e. The molecule has 2 heterocycles. The second kappa shape index (κ2) is 14.3. The van der Waals surface area contributed by atoms with Gasteiger partial charge in [-0.3, -0.25) is 0 Å². The molecule has 8 rings (SSSR count). The number of rotatable bonds is 5. The van der Waals surface area contributed by atoms with Gasteiger partial charge in [-0.15, -0.1) is 36.2 Å². The quantitative estimate of drug-likeness (QED) is 0.162. The summed E-state index contributed by atoms with van der Waals surface area (Å²) in [5.74, 6) is 0. The van der Waals surface area contributed by atoms with Gasteiger partial charge < -0.3 is 31.4 Å². The normalized spacial score (nSPS) is 13.2. The maximum atomic E-state index is 6.25. The second-order valence-electron chi connectivity index (χ2n) is 13.2. The molecule has 50 heavy (non-hydrogen) atoms. The van der Waals surface area contributed by atoms with Crippen LogP contribution in [0.1, 0.15) is 26.3 Å². The first-order valence-electron chi connectivity index (χ1n) is 16.4. The number of nitrogens with zero attached hydrogens (tertiary/aromatic N) is 5. The zero-order chi connectivity index (χ0) is 34.1. The Bertz CT molecular complexity index is 2130. The van der Waals surface area contributed by atoms with E-state index < -0.39 is 0 Å². The maximum absolute atomic E-state index is 6.25. The smallest absolute Gasteiger partial charge is 0.512 e. The fraction of sp³-hybridized carbons (Fsp3) is 0.114. The van der Waals surface area contributed by atoms with Crippen molar-refractivity contribution in [1.29, 1.82) is 5.26 Å². The van der Waals surface area contributed by atoms with Gasteiger partial charge in [-0.25, -0.2) is 0 Å². The van der Waals surface area contributed by atoms with Gasteiger partial charge in [0.25, 0.3) is 0 Å². The van der Waals surface area contributed by atoms with Gasteiger partial charge in [0, 0.05) is 39.6 Å². The third kappa shape index (κ3) is 6.28. The van der Waals surface area contributed by atoms with Crippen LogP contribution in [-0.4, -0.2) is 7.05 Å². The molecule has 2 aliphatic heterocycles. The summed E-state index contributed by atoms with van der Waals surface area (Å²) in [6.45, 7) is 15.9. The monoisotopic (exact) mass is 830 g/mol. The van der Waals surface area contributed by atoms with E-state index in [1.807, 2.05) is 0 Å². The fourth-order valence-electron chi connectivity index (χ4n) is 6.70. The summed E-state index contributed by atoms with van der Waals surface area (Å²) < 4.78 is 0. The Morgan fingerprint density at radius 3 is 1.66 bits per heavy atom. The van der Waals surface area contributed by atoms with E-state index in [0.717, 1.165) is 34.1 Å². The number of benzene rings is 6. The molecule has 0 atom stereocenters. The standard InChI is InChI=1S/C43H37N4.CN.Pt/c1-43(2,3)33-18-12-17-32(27-33)37-22-14-21-36(31-15-6-5-7-16-31)42(37)47-30-46(40-25-10-11-26-41(40)47)35-20-13-19-34(28-35)45-29-44(4)38-23-8-9-24-39(38)45;1-2;/h5-27,29-30H,1-4H3;;/q-3;-1;+4. The van der Waals surface area contributed by atoms with Gasteiger partial charge in [0.15, 0.2) is 0 Å². The largest absolute Gasteiger partial charge is 4.00 e. The molecule has 0 saturated carbocycles. The van der Waals surface area contributed by atoms with E-state index in [0.29, 0.717) is 0 Å². The van der Waals surface area contributed by atoms with E-state index in [4.69, 9.17) is 11.8 Å². The summed E-state index contributed by atoms with van der Waals surface area (Å²) in [7, 11) is 2.09. The average Bonchev–Trinajstić information content (AvgIpc) is 3.70. The van der Waals surface area contributed by atoms with E-state index in [9.17, 15) is 0 Å². The van der Waals surface area contributed by atoms with Crippen LogP contribution in [0.5, 0.6) is 0 Å². The van der Waals surface area contributed by atoms with Crippen molar-refractivity contribution in [2.75, 3.05) is 26.6 Å². The van der Waals surface area contributed by atoms with Crippen LogP contribution in [0, 0.1) is 31.2 Å². The van der Waals surface area contributed by atoms with Crippen LogP contribution < -0.4 is 19.6 Å². The van der Waals surface area contributed by atoms with Crippen molar-refractivity contribution in [3.8, 4) is 22.3 Å². The molecule has 0 radical (unpaired) electrons. The first-order chi connectivity index (χ1) is 23.9. The topological polar surface area (TPSA) is 36.8 Å². The Morgan fingerprint density at radius 2 is 1.02 bits per heavy atom. The predicted molar refractivity (Wildman–Crippen MR) is 203 cm³/mol. The minimum absolute atomic E-state index is 0. The van der Waals surface area contributed by atoms with Crippen molar-refractivity contribution in [3.05, 3.63) is 171 Å². The van der Waals surface area contributed by atoms with Crippen LogP contribution in [0.4, 0.5) is 39.8 Å². The molecular formula is C44H37N5Pt. The van der Waals surface area contributed by atoms with Crippen molar-refractivity contribution in [2.45, 2.75) is 26.2 Å². The van der Waals surface area contributed by atoms with Gasteiger partial charge in [0.2, 0.25) is 0 Å². The number of hydrogen-bond donors (Lipinski definition) is 0. The van der Waals surface area contributed by atoms with Crippen LogP contribution in [0.15, 0.2) is 140 Å². The van der Waals surface area contributed by atoms with Crippen LogP contribution in [-0.2, 0) is 26.5 Å². The van der Waals surface area contributed by atoms with Crippen molar-refractivity contribution in [3.63, 3.8) is 0 Å². The predicted octanol–water partition coefficient (Wildman–Crippen LogP) is 11.3. The van der Waals surface area contributed by atoms with Gasteiger partial charge in [-0.2, -0.15) is 12.7 Å². The van der Waals surface area contributed by atoms with Gasteiger partial charge >= 0.3 is 21.1 Å². The van der Waals surface area contributed by atoms with E-state index in [2.05, 4.69) is 206 Å². The number of fused-ring (bicyclic) bond motifs is 2. The first kappa shape index (κ1) is 34.6. The third-order valence-electron chi connectivity index (χ3n) is 9.13. The molecule has 6 aromatic carbocycles. The van der Waals surface area contributed by atoms with Crippen LogP contribution in [0.3, 0.4) is 0 Å². The van der Waals surface area contributed by atoms with Crippen LogP contribution in [0.2, 0.25) is 0 Å². The van der Waals surface area contributed by atoms with Crippen molar-refractivity contribution < 1.29 is 21.1 Å². The van der Waals surface area contributed by atoms with E-state index >= 15 is 0 Å². The Kier molecular flexibility index (Phi) is 9.87. The second-order valence-corrected chi connectivity index (χ2v) is 13.2. The molecule has 0 bridgehead atoms. The Balaban J connectivity index is 0.00000142. The van der Waals surface area contributed by atoms with Gasteiger partial charge in [-0.05, 0) is 53.4 Å². The number of hydrogen-bond acceptors (Lipinski definition) is 5. The number of para-hydroxylation sites is 5. The SMILES string of the molecule is CN1[CH-]N(c2[c-]c(N3[CH-]N(c4c(-c5ccccc5)cccc4-c4cccc(C(C)(C)C)c4)c4ccccc43)ccc2)c2ccccc21.[C-]#N.[Pt+4]. The summed E-state index contributed by atoms with van der Waals surface area (Å²) in [6.07, 6.45) is 0. The summed E-state index contributed by atoms with van der Waals surface area (Å²) in [6, 6.07) is 53.7. The zero-order valence-corrected chi connectivity index (χ0v) is 30.8. The first-order valence-corrected chi connectivity index (χ1v) is 16.4. The molecule has 0 aliphatic carbocycles. The minimum Gasteiger partial charge on any atom is -0.512 e. The summed E-state index contributed by atoms with van der Waals surface area (Å²) >= 11 is 0. The van der Waals surface area contributed by atoms with Gasteiger partial charge in [-0.1, -0.05) is 118 Å². The Labute approximate surface area is 310 Å². The molecule has 0 amide bonds. The van der Waals surface area contributed by atoms with Crippen molar-refractivity contribution >= 4 is 39.8 Å². The molecule has 0 unspecified atom stereocenters. The van der Waals surface area contributed by atoms with Crippen LogP contribution in [0.25, 0.3) is 22.3 Å². The Hall–Kier alpha value is -5.30. The molecule has 0 saturated heterocycles. The summed E-state index contributed by atoms with van der Waals surface area (Å²) in [5, 5.41) is 6.25. The van der Waals surface area contributed by atoms with Crippen molar-refractivity contribution in [2.24, 2.45) is 0 Å². The minimum atomic E-state index is 0. The van der Waals surface area contributed by atoms with E-state index in [-0.39, 0.29) is 26.5 Å². The molecule has 0 N–H and O–H groups in total. The molecule has 2 aliphatic rings. The molecular weight excluding hydrogens is 794 g/mol. The molecule has 0 spiro atoms. The third-order valence-corrected chi connectivity index (χ3v) is 9.13. The average molecular weight is 831 g/mol. The Morgan fingerprint density at radius 1 is 0.540 bits per heavy atom. The molecule has 5 nitrogen and oxygen atoms in total. The van der Waals surface area contributed by atoms with E-state index in [1.165, 1.54) is 33.5 Å². The van der Waals surface area contributed by atoms with Crippen LogP contribution >= 0.6 is 0 Å². The van der Waals surface area contributed by atoms with Crippen molar-refractivity contribution in [1.82, 2.24) is 0 Å².